The smallest absolute Gasteiger partial charge is 0.191 e. The van der Waals surface area contributed by atoms with Crippen LogP contribution in [0.4, 0.5) is 0 Å². The van der Waals surface area contributed by atoms with Gasteiger partial charge in [0.1, 0.15) is 12.2 Å². The Labute approximate surface area is 150 Å². The van der Waals surface area contributed by atoms with E-state index in [1.54, 1.807) is 13.4 Å². The summed E-state index contributed by atoms with van der Waals surface area (Å²) in [6.07, 6.45) is 2.66. The monoisotopic (exact) mass is 342 g/mol. The van der Waals surface area contributed by atoms with Crippen LogP contribution in [0.15, 0.2) is 35.6 Å². The van der Waals surface area contributed by atoms with Crippen LogP contribution in [0.1, 0.15) is 37.7 Å². The fourth-order valence-corrected chi connectivity index (χ4v) is 2.67. The normalized spacial score (nSPS) is 12.3. The van der Waals surface area contributed by atoms with Gasteiger partial charge in [0.05, 0.1) is 0 Å². The lowest BCUT2D eigenvalue weighted by Crippen LogP contribution is -2.44. The van der Waals surface area contributed by atoms with Crippen LogP contribution in [0.2, 0.25) is 0 Å². The van der Waals surface area contributed by atoms with Crippen LogP contribution in [-0.2, 0) is 18.4 Å². The minimum Gasteiger partial charge on any atom is -0.356 e. The van der Waals surface area contributed by atoms with Gasteiger partial charge in [-0.2, -0.15) is 0 Å². The summed E-state index contributed by atoms with van der Waals surface area (Å²) in [4.78, 5) is 4.31. The second kappa shape index (κ2) is 8.65. The Morgan fingerprint density at radius 1 is 1.20 bits per heavy atom. The summed E-state index contributed by atoms with van der Waals surface area (Å²) in [7, 11) is 1.80. The number of nitrogens with zero attached hydrogens (tertiary/aromatic N) is 4. The van der Waals surface area contributed by atoms with Crippen LogP contribution < -0.4 is 10.6 Å². The lowest BCUT2D eigenvalue weighted by molar-refractivity contribution is 0.507. The number of benzene rings is 1. The molecule has 6 nitrogen and oxygen atoms in total. The Morgan fingerprint density at radius 2 is 1.92 bits per heavy atom. The number of aliphatic imine (C=N–C) groups is 1. The molecule has 0 aliphatic carbocycles. The first kappa shape index (κ1) is 19.0. The zero-order valence-corrected chi connectivity index (χ0v) is 16.0. The first-order valence-corrected chi connectivity index (χ1v) is 8.84. The van der Waals surface area contributed by atoms with Gasteiger partial charge in [-0.3, -0.25) is 4.99 Å². The summed E-state index contributed by atoms with van der Waals surface area (Å²) in [5, 5.41) is 14.8. The molecule has 2 aromatic rings. The molecule has 0 aliphatic heterocycles. The second-order valence-corrected chi connectivity index (χ2v) is 6.90. The number of aromatic nitrogens is 3. The maximum absolute atomic E-state index is 4.31. The third kappa shape index (κ3) is 5.31. The zero-order chi connectivity index (χ0) is 18.3. The number of hydrogen-bond acceptors (Lipinski definition) is 3. The molecule has 0 spiro atoms. The molecule has 0 fully saturated rings. The average molecular weight is 342 g/mol. The molecule has 2 N–H and O–H groups in total. The van der Waals surface area contributed by atoms with Crippen molar-refractivity contribution < 1.29 is 0 Å². The van der Waals surface area contributed by atoms with Crippen molar-refractivity contribution in [2.45, 2.75) is 46.1 Å². The molecule has 2 rings (SSSR count). The van der Waals surface area contributed by atoms with Crippen LogP contribution in [-0.4, -0.2) is 40.9 Å². The molecule has 0 saturated heterocycles. The molecule has 0 unspecified atom stereocenters. The molecule has 0 radical (unpaired) electrons. The van der Waals surface area contributed by atoms with Gasteiger partial charge in [-0.1, -0.05) is 50.6 Å². The van der Waals surface area contributed by atoms with Crippen molar-refractivity contribution in [3.63, 3.8) is 0 Å². The molecular weight excluding hydrogens is 312 g/mol. The number of rotatable bonds is 7. The molecule has 1 heterocycles. The van der Waals surface area contributed by atoms with Crippen molar-refractivity contribution in [3.8, 4) is 0 Å². The Hall–Kier alpha value is -2.37. The molecular formula is C19H30N6. The predicted octanol–water partition coefficient (Wildman–Crippen LogP) is 2.29. The second-order valence-electron chi connectivity index (χ2n) is 6.90. The summed E-state index contributed by atoms with van der Waals surface area (Å²) < 4.78 is 2.07. The predicted molar refractivity (Wildman–Crippen MR) is 103 cm³/mol. The average Bonchev–Trinajstić information content (AvgIpc) is 3.05. The molecule has 0 saturated carbocycles. The third-order valence-electron chi connectivity index (χ3n) is 4.41. The zero-order valence-electron chi connectivity index (χ0n) is 16.0. The molecule has 25 heavy (non-hydrogen) atoms. The minimum absolute atomic E-state index is 0.0228. The van der Waals surface area contributed by atoms with Crippen molar-refractivity contribution in [3.05, 3.63) is 47.5 Å². The highest BCUT2D eigenvalue weighted by Crippen LogP contribution is 2.22. The van der Waals surface area contributed by atoms with Crippen molar-refractivity contribution >= 4 is 5.96 Å². The van der Waals surface area contributed by atoms with Gasteiger partial charge in [-0.25, -0.2) is 0 Å². The largest absolute Gasteiger partial charge is 0.356 e. The van der Waals surface area contributed by atoms with E-state index < -0.39 is 0 Å². The molecule has 6 heteroatoms. The topological polar surface area (TPSA) is 67.1 Å². The highest BCUT2D eigenvalue weighted by atomic mass is 15.3. The van der Waals surface area contributed by atoms with Gasteiger partial charge in [0, 0.05) is 38.5 Å². The summed E-state index contributed by atoms with van der Waals surface area (Å²) in [6, 6.07) is 8.72. The third-order valence-corrected chi connectivity index (χ3v) is 4.41. The SMILES string of the molecule is CCc1nncn1CCNC(=NC)NCC(C)(C)c1ccc(C)cc1. The first-order chi connectivity index (χ1) is 12.0. The number of aryl methyl sites for hydroxylation is 2. The molecule has 1 aromatic heterocycles. The van der Waals surface area contributed by atoms with Crippen molar-refractivity contribution in [2.24, 2.45) is 4.99 Å². The van der Waals surface area contributed by atoms with Gasteiger partial charge in [-0.05, 0) is 12.5 Å². The Bertz CT molecular complexity index is 684. The molecule has 1 aromatic carbocycles. The van der Waals surface area contributed by atoms with Gasteiger partial charge >= 0.3 is 0 Å². The van der Waals surface area contributed by atoms with Crippen LogP contribution in [0.3, 0.4) is 0 Å². The van der Waals surface area contributed by atoms with E-state index in [4.69, 9.17) is 0 Å². The molecule has 0 atom stereocenters. The molecule has 136 valence electrons. The fourth-order valence-electron chi connectivity index (χ4n) is 2.67. The Balaban J connectivity index is 1.84. The minimum atomic E-state index is 0.0228. The summed E-state index contributed by atoms with van der Waals surface area (Å²) in [5.74, 6) is 1.82. The Morgan fingerprint density at radius 3 is 2.56 bits per heavy atom. The van der Waals surface area contributed by atoms with E-state index in [1.165, 1.54) is 11.1 Å². The van der Waals surface area contributed by atoms with E-state index in [2.05, 4.69) is 82.4 Å². The number of hydrogen-bond donors (Lipinski definition) is 2. The van der Waals surface area contributed by atoms with Crippen LogP contribution in [0.5, 0.6) is 0 Å². The van der Waals surface area contributed by atoms with Gasteiger partial charge in [0.25, 0.3) is 0 Å². The summed E-state index contributed by atoms with van der Waals surface area (Å²) >= 11 is 0. The van der Waals surface area contributed by atoms with Gasteiger partial charge in [0.15, 0.2) is 5.96 Å². The number of guanidine groups is 1. The van der Waals surface area contributed by atoms with E-state index in [9.17, 15) is 0 Å². The quantitative estimate of drug-likeness (QED) is 0.598. The van der Waals surface area contributed by atoms with Gasteiger partial charge < -0.3 is 15.2 Å². The van der Waals surface area contributed by atoms with E-state index in [1.807, 2.05) is 0 Å². The van der Waals surface area contributed by atoms with Gasteiger partial charge in [0.2, 0.25) is 0 Å². The fraction of sp³-hybridized carbons (Fsp3) is 0.526. The van der Waals surface area contributed by atoms with E-state index in [0.29, 0.717) is 0 Å². The lowest BCUT2D eigenvalue weighted by atomic mass is 9.84. The van der Waals surface area contributed by atoms with Crippen molar-refractivity contribution in [1.29, 1.82) is 0 Å². The van der Waals surface area contributed by atoms with Crippen molar-refractivity contribution in [2.75, 3.05) is 20.1 Å². The molecule has 0 aliphatic rings. The standard InChI is InChI=1S/C19H30N6/c1-6-17-24-23-14-25(17)12-11-21-18(20-5)22-13-19(3,4)16-9-7-15(2)8-10-16/h7-10,14H,6,11-13H2,1-5H3,(H2,20,21,22). The maximum Gasteiger partial charge on any atom is 0.191 e. The van der Waals surface area contributed by atoms with E-state index in [-0.39, 0.29) is 5.41 Å². The van der Waals surface area contributed by atoms with Gasteiger partial charge in [-0.15, -0.1) is 10.2 Å². The van der Waals surface area contributed by atoms with E-state index >= 15 is 0 Å². The highest BCUT2D eigenvalue weighted by molar-refractivity contribution is 5.79. The lowest BCUT2D eigenvalue weighted by Gasteiger charge is -2.27. The first-order valence-electron chi connectivity index (χ1n) is 8.84. The van der Waals surface area contributed by atoms with Crippen LogP contribution in [0.25, 0.3) is 0 Å². The van der Waals surface area contributed by atoms with Crippen LogP contribution in [0, 0.1) is 6.92 Å². The van der Waals surface area contributed by atoms with E-state index in [0.717, 1.165) is 37.8 Å². The molecule has 0 amide bonds. The highest BCUT2D eigenvalue weighted by Gasteiger charge is 2.20. The maximum atomic E-state index is 4.31. The molecule has 0 bridgehead atoms. The number of nitrogens with one attached hydrogen (secondary N) is 2. The summed E-state index contributed by atoms with van der Waals surface area (Å²) in [5.41, 5.74) is 2.62. The van der Waals surface area contributed by atoms with Crippen molar-refractivity contribution in [1.82, 2.24) is 25.4 Å². The Kier molecular flexibility index (Phi) is 6.56. The van der Waals surface area contributed by atoms with Crippen LogP contribution >= 0.6 is 0 Å². The summed E-state index contributed by atoms with van der Waals surface area (Å²) in [6.45, 7) is 11.1.